The van der Waals surface area contributed by atoms with Crippen molar-refractivity contribution < 1.29 is 4.39 Å². The molecule has 0 saturated carbocycles. The summed E-state index contributed by atoms with van der Waals surface area (Å²) in [5, 5.41) is 7.27. The van der Waals surface area contributed by atoms with Gasteiger partial charge in [0.2, 0.25) is 0 Å². The maximum atomic E-state index is 12.7. The van der Waals surface area contributed by atoms with Crippen LogP contribution in [0.25, 0.3) is 0 Å². The van der Waals surface area contributed by atoms with Crippen LogP contribution in [0, 0.1) is 18.2 Å². The largest absolute Gasteiger partial charge is 0.294 e. The van der Waals surface area contributed by atoms with Gasteiger partial charge in [0.05, 0.1) is 3.72 Å². The van der Waals surface area contributed by atoms with E-state index in [9.17, 15) is 4.39 Å². The van der Waals surface area contributed by atoms with Crippen molar-refractivity contribution in [2.75, 3.05) is 0 Å². The molecule has 0 aromatic heterocycles. The Labute approximate surface area is 78.3 Å². The fraction of sp³-hybridized carbons (Fsp3) is 0.125. The van der Waals surface area contributed by atoms with Crippen molar-refractivity contribution >= 4 is 26.3 Å². The molecule has 0 fully saturated rings. The van der Waals surface area contributed by atoms with Gasteiger partial charge in [-0.3, -0.25) is 5.41 Å². The summed E-state index contributed by atoms with van der Waals surface area (Å²) in [6, 6.07) is 4.67. The van der Waals surface area contributed by atoms with Crippen LogP contribution < -0.4 is 0 Å². The molecule has 0 saturated heterocycles. The van der Waals surface area contributed by atoms with E-state index in [0.717, 1.165) is 5.56 Å². The fourth-order valence-electron chi connectivity index (χ4n) is 0.781. The van der Waals surface area contributed by atoms with Gasteiger partial charge >= 0.3 is 0 Å². The van der Waals surface area contributed by atoms with Crippen LogP contribution in [0.2, 0.25) is 0 Å². The van der Waals surface area contributed by atoms with Crippen LogP contribution in [-0.2, 0) is 0 Å². The number of benzene rings is 1. The second-order valence-corrected chi connectivity index (χ2v) is 3.36. The summed E-state index contributed by atoms with van der Waals surface area (Å²) >= 11 is 1.90. The molecule has 11 heavy (non-hydrogen) atoms. The Balaban J connectivity index is 3.15. The molecule has 58 valence electrons. The number of aryl methyl sites for hydroxylation is 1. The van der Waals surface area contributed by atoms with Crippen LogP contribution in [-0.4, -0.2) is 3.72 Å². The van der Waals surface area contributed by atoms with E-state index in [1.165, 1.54) is 6.07 Å². The van der Waals surface area contributed by atoms with Crippen molar-refractivity contribution in [2.24, 2.45) is 0 Å². The monoisotopic (exact) mass is 263 g/mol. The standard InChI is InChI=1S/C8H7FIN/c1-5-4-6(8(10)11)2-3-7(5)9/h2-4,11H,1H3. The predicted molar refractivity (Wildman–Crippen MR) is 52.0 cm³/mol. The quantitative estimate of drug-likeness (QED) is 0.595. The molecule has 0 unspecified atom stereocenters. The van der Waals surface area contributed by atoms with Crippen molar-refractivity contribution in [2.45, 2.75) is 6.92 Å². The van der Waals surface area contributed by atoms with Gasteiger partial charge in [-0.15, -0.1) is 0 Å². The first kappa shape index (κ1) is 8.64. The number of rotatable bonds is 1. The lowest BCUT2D eigenvalue weighted by molar-refractivity contribution is 0.618. The zero-order valence-corrected chi connectivity index (χ0v) is 8.15. The van der Waals surface area contributed by atoms with Gasteiger partial charge in [-0.05, 0) is 53.3 Å². The summed E-state index contributed by atoms with van der Waals surface area (Å²) in [6.45, 7) is 1.69. The van der Waals surface area contributed by atoms with Crippen molar-refractivity contribution in [3.05, 3.63) is 35.1 Å². The maximum absolute atomic E-state index is 12.7. The number of nitrogens with one attached hydrogen (secondary N) is 1. The van der Waals surface area contributed by atoms with Crippen molar-refractivity contribution in [1.29, 1.82) is 5.41 Å². The van der Waals surface area contributed by atoms with E-state index in [1.807, 2.05) is 22.6 Å². The molecule has 0 radical (unpaired) electrons. The summed E-state index contributed by atoms with van der Waals surface area (Å²) in [6.07, 6.45) is 0. The number of halogens is 2. The highest BCUT2D eigenvalue weighted by molar-refractivity contribution is 14.1. The molecule has 1 N–H and O–H groups in total. The molecule has 3 heteroatoms. The summed E-state index contributed by atoms with van der Waals surface area (Å²) < 4.78 is 13.1. The normalized spacial score (nSPS) is 9.73. The molecule has 0 amide bonds. The lowest BCUT2D eigenvalue weighted by atomic mass is 10.1. The highest BCUT2D eigenvalue weighted by Gasteiger charge is 2.00. The molecule has 0 atom stereocenters. The van der Waals surface area contributed by atoms with Gasteiger partial charge in [0, 0.05) is 5.56 Å². The first-order valence-corrected chi connectivity index (χ1v) is 4.19. The molecule has 1 nitrogen and oxygen atoms in total. The third kappa shape index (κ3) is 1.99. The van der Waals surface area contributed by atoms with Gasteiger partial charge in [-0.1, -0.05) is 0 Å². The van der Waals surface area contributed by atoms with Gasteiger partial charge in [-0.25, -0.2) is 4.39 Å². The smallest absolute Gasteiger partial charge is 0.126 e. The summed E-state index contributed by atoms with van der Waals surface area (Å²) in [7, 11) is 0. The van der Waals surface area contributed by atoms with Crippen LogP contribution >= 0.6 is 22.6 Å². The van der Waals surface area contributed by atoms with E-state index in [-0.39, 0.29) is 5.82 Å². The summed E-state index contributed by atoms with van der Waals surface area (Å²) in [4.78, 5) is 0. The van der Waals surface area contributed by atoms with E-state index in [4.69, 9.17) is 5.41 Å². The minimum absolute atomic E-state index is 0.216. The Bertz CT molecular complexity index is 296. The van der Waals surface area contributed by atoms with Crippen molar-refractivity contribution in [3.63, 3.8) is 0 Å². The van der Waals surface area contributed by atoms with Crippen molar-refractivity contribution in [3.8, 4) is 0 Å². The maximum Gasteiger partial charge on any atom is 0.126 e. The van der Waals surface area contributed by atoms with Crippen molar-refractivity contribution in [1.82, 2.24) is 0 Å². The summed E-state index contributed by atoms with van der Waals surface area (Å²) in [5.74, 6) is -0.216. The third-order valence-corrected chi connectivity index (χ3v) is 2.03. The second-order valence-electron chi connectivity index (χ2n) is 2.28. The average molecular weight is 263 g/mol. The summed E-state index contributed by atoms with van der Waals surface area (Å²) in [5.41, 5.74) is 1.36. The van der Waals surface area contributed by atoms with Gasteiger partial charge in [0.15, 0.2) is 0 Å². The lowest BCUT2D eigenvalue weighted by Gasteiger charge is -1.98. The van der Waals surface area contributed by atoms with Crippen LogP contribution in [0.15, 0.2) is 18.2 Å². The third-order valence-electron chi connectivity index (χ3n) is 1.41. The molecular weight excluding hydrogens is 256 g/mol. The topological polar surface area (TPSA) is 23.9 Å². The van der Waals surface area contributed by atoms with Gasteiger partial charge in [-0.2, -0.15) is 0 Å². The molecule has 0 aliphatic carbocycles. The van der Waals surface area contributed by atoms with Crippen LogP contribution in [0.1, 0.15) is 11.1 Å². The van der Waals surface area contributed by atoms with E-state index < -0.39 is 0 Å². The molecule has 1 aromatic carbocycles. The lowest BCUT2D eigenvalue weighted by Crippen LogP contribution is -1.90. The van der Waals surface area contributed by atoms with Gasteiger partial charge in [0.25, 0.3) is 0 Å². The van der Waals surface area contributed by atoms with Gasteiger partial charge < -0.3 is 0 Å². The SMILES string of the molecule is Cc1cc(C(=N)I)ccc1F. The highest BCUT2D eigenvalue weighted by Crippen LogP contribution is 2.11. The van der Waals surface area contributed by atoms with E-state index >= 15 is 0 Å². The minimum Gasteiger partial charge on any atom is -0.294 e. The molecular formula is C8H7FIN. The van der Waals surface area contributed by atoms with E-state index in [0.29, 0.717) is 9.28 Å². The minimum atomic E-state index is -0.216. The average Bonchev–Trinajstić information content (AvgIpc) is 1.94. The Morgan fingerprint density at radius 3 is 2.64 bits per heavy atom. The number of hydrogen-bond donors (Lipinski definition) is 1. The predicted octanol–water partition coefficient (Wildman–Crippen LogP) is 2.89. The Kier molecular flexibility index (Phi) is 2.59. The van der Waals surface area contributed by atoms with Crippen LogP contribution in [0.4, 0.5) is 4.39 Å². The number of hydrogen-bond acceptors (Lipinski definition) is 1. The Morgan fingerprint density at radius 1 is 1.55 bits per heavy atom. The first-order chi connectivity index (χ1) is 5.11. The van der Waals surface area contributed by atoms with Crippen LogP contribution in [0.3, 0.4) is 0 Å². The second kappa shape index (κ2) is 3.30. The van der Waals surface area contributed by atoms with E-state index in [1.54, 1.807) is 19.1 Å². The zero-order chi connectivity index (χ0) is 8.43. The zero-order valence-electron chi connectivity index (χ0n) is 5.99. The molecule has 1 aromatic rings. The first-order valence-electron chi connectivity index (χ1n) is 3.12. The molecule has 0 aliphatic rings. The highest BCUT2D eigenvalue weighted by atomic mass is 127. The molecule has 1 rings (SSSR count). The van der Waals surface area contributed by atoms with Crippen LogP contribution in [0.5, 0.6) is 0 Å². The van der Waals surface area contributed by atoms with Gasteiger partial charge in [0.1, 0.15) is 5.82 Å². The molecule has 0 bridgehead atoms. The Morgan fingerprint density at radius 2 is 2.18 bits per heavy atom. The Hall–Kier alpha value is -0.450. The molecule has 0 heterocycles. The fourth-order valence-corrected chi connectivity index (χ4v) is 1.12. The molecule has 0 spiro atoms. The molecule has 0 aliphatic heterocycles. The van der Waals surface area contributed by atoms with E-state index in [2.05, 4.69) is 0 Å².